The standard InChI is InChI=1S/C25H36O2/c1-3-5-6-20-9-17-24(18-10-20)27-25(26)23-15-13-22(14-16-23)21-11-7-19(4-2)8-12-21/h11,13-16,19-20,24H,3-10,12,17-18H2,1-2H3/t19?,20-,24-. The molecule has 0 spiro atoms. The van der Waals surface area contributed by atoms with E-state index in [0.717, 1.165) is 31.1 Å². The molecule has 0 heterocycles. The molecule has 0 saturated heterocycles. The van der Waals surface area contributed by atoms with Gasteiger partial charge in [0.2, 0.25) is 0 Å². The highest BCUT2D eigenvalue weighted by Gasteiger charge is 2.24. The van der Waals surface area contributed by atoms with Crippen LogP contribution in [0.5, 0.6) is 0 Å². The van der Waals surface area contributed by atoms with Crippen LogP contribution in [0.25, 0.3) is 5.57 Å². The lowest BCUT2D eigenvalue weighted by molar-refractivity contribution is 0.0161. The lowest BCUT2D eigenvalue weighted by atomic mass is 9.84. The second-order valence-electron chi connectivity index (χ2n) is 8.55. The second-order valence-corrected chi connectivity index (χ2v) is 8.55. The Kier molecular flexibility index (Phi) is 7.55. The first-order chi connectivity index (χ1) is 13.2. The number of carbonyl (C=O) groups excluding carboxylic acids is 1. The smallest absolute Gasteiger partial charge is 0.338 e. The first kappa shape index (κ1) is 20.2. The molecule has 0 amide bonds. The number of hydrogen-bond donors (Lipinski definition) is 0. The van der Waals surface area contributed by atoms with Gasteiger partial charge in [-0.2, -0.15) is 0 Å². The van der Waals surface area contributed by atoms with Gasteiger partial charge in [-0.3, -0.25) is 0 Å². The largest absolute Gasteiger partial charge is 0.459 e. The molecule has 148 valence electrons. The number of benzene rings is 1. The molecule has 1 saturated carbocycles. The van der Waals surface area contributed by atoms with Crippen molar-refractivity contribution in [3.8, 4) is 0 Å². The third-order valence-corrected chi connectivity index (χ3v) is 6.62. The zero-order valence-electron chi connectivity index (χ0n) is 17.2. The lowest BCUT2D eigenvalue weighted by Crippen LogP contribution is -2.24. The maximum atomic E-state index is 12.5. The van der Waals surface area contributed by atoms with E-state index in [2.05, 4.69) is 32.1 Å². The summed E-state index contributed by atoms with van der Waals surface area (Å²) in [6.45, 7) is 4.53. The Morgan fingerprint density at radius 3 is 2.33 bits per heavy atom. The SMILES string of the molecule is CCCC[C@H]1CC[C@H](OC(=O)c2ccc(C3=CCC(CC)CC3)cc2)CC1. The highest BCUT2D eigenvalue weighted by Crippen LogP contribution is 2.32. The third kappa shape index (κ3) is 5.70. The van der Waals surface area contributed by atoms with Gasteiger partial charge < -0.3 is 4.74 Å². The average Bonchev–Trinajstić information content (AvgIpc) is 2.73. The minimum atomic E-state index is -0.151. The maximum absolute atomic E-state index is 12.5. The third-order valence-electron chi connectivity index (χ3n) is 6.62. The van der Waals surface area contributed by atoms with Gasteiger partial charge in [-0.15, -0.1) is 0 Å². The molecule has 27 heavy (non-hydrogen) atoms. The summed E-state index contributed by atoms with van der Waals surface area (Å²) < 4.78 is 5.79. The van der Waals surface area contributed by atoms with Gasteiger partial charge in [0.15, 0.2) is 0 Å². The van der Waals surface area contributed by atoms with Crippen LogP contribution in [0.15, 0.2) is 30.3 Å². The van der Waals surface area contributed by atoms with Crippen molar-refractivity contribution in [3.63, 3.8) is 0 Å². The summed E-state index contributed by atoms with van der Waals surface area (Å²) >= 11 is 0. The Hall–Kier alpha value is -1.57. The van der Waals surface area contributed by atoms with Crippen LogP contribution in [-0.4, -0.2) is 12.1 Å². The van der Waals surface area contributed by atoms with Crippen molar-refractivity contribution < 1.29 is 9.53 Å². The predicted octanol–water partition coefficient (Wildman–Crippen LogP) is 7.19. The van der Waals surface area contributed by atoms with Crippen molar-refractivity contribution in [2.45, 2.75) is 90.6 Å². The molecule has 0 aromatic heterocycles. The van der Waals surface area contributed by atoms with E-state index in [9.17, 15) is 4.79 Å². The Labute approximate surface area is 165 Å². The first-order valence-electron chi connectivity index (χ1n) is 11.2. The fourth-order valence-electron chi connectivity index (χ4n) is 4.59. The summed E-state index contributed by atoms with van der Waals surface area (Å²) in [5.41, 5.74) is 3.39. The number of carbonyl (C=O) groups is 1. The molecule has 1 unspecified atom stereocenters. The van der Waals surface area contributed by atoms with E-state index in [1.807, 2.05) is 12.1 Å². The maximum Gasteiger partial charge on any atom is 0.338 e. The number of unbranched alkanes of at least 4 members (excludes halogenated alkanes) is 1. The Bertz CT molecular complexity index is 620. The fourth-order valence-corrected chi connectivity index (χ4v) is 4.59. The van der Waals surface area contributed by atoms with Crippen molar-refractivity contribution in [2.75, 3.05) is 0 Å². The van der Waals surface area contributed by atoms with Crippen LogP contribution >= 0.6 is 0 Å². The normalized spacial score (nSPS) is 25.7. The number of hydrogen-bond acceptors (Lipinski definition) is 2. The van der Waals surface area contributed by atoms with Gasteiger partial charge in [0.05, 0.1) is 5.56 Å². The summed E-state index contributed by atoms with van der Waals surface area (Å²) in [5, 5.41) is 0. The van der Waals surface area contributed by atoms with E-state index in [0.29, 0.717) is 5.56 Å². The van der Waals surface area contributed by atoms with Gasteiger partial charge in [0, 0.05) is 0 Å². The molecule has 1 atom stereocenters. The molecule has 1 aromatic rings. The van der Waals surface area contributed by atoms with E-state index in [4.69, 9.17) is 4.74 Å². The molecule has 2 aliphatic carbocycles. The number of rotatable bonds is 7. The van der Waals surface area contributed by atoms with E-state index >= 15 is 0 Å². The topological polar surface area (TPSA) is 26.3 Å². The molecule has 1 aromatic carbocycles. The summed E-state index contributed by atoms with van der Waals surface area (Å²) in [5.74, 6) is 1.54. The molecule has 0 bridgehead atoms. The molecule has 1 fully saturated rings. The molecule has 3 rings (SSSR count). The van der Waals surface area contributed by atoms with Crippen molar-refractivity contribution in [1.82, 2.24) is 0 Å². The van der Waals surface area contributed by atoms with Crippen LogP contribution in [-0.2, 0) is 4.74 Å². The van der Waals surface area contributed by atoms with Crippen LogP contribution in [0.3, 0.4) is 0 Å². The zero-order valence-corrected chi connectivity index (χ0v) is 17.2. The van der Waals surface area contributed by atoms with Crippen LogP contribution in [0, 0.1) is 11.8 Å². The average molecular weight is 369 g/mol. The van der Waals surface area contributed by atoms with Crippen molar-refractivity contribution in [3.05, 3.63) is 41.5 Å². The fraction of sp³-hybridized carbons (Fsp3) is 0.640. The van der Waals surface area contributed by atoms with E-state index in [-0.39, 0.29) is 12.1 Å². The van der Waals surface area contributed by atoms with Crippen molar-refractivity contribution in [2.24, 2.45) is 11.8 Å². The van der Waals surface area contributed by atoms with E-state index in [1.165, 1.54) is 62.5 Å². The molecule has 0 aliphatic heterocycles. The summed E-state index contributed by atoms with van der Waals surface area (Å²) in [4.78, 5) is 12.5. The second kappa shape index (κ2) is 10.1. The Balaban J connectivity index is 1.49. The van der Waals surface area contributed by atoms with Gasteiger partial charge in [-0.05, 0) is 80.1 Å². The quantitative estimate of drug-likeness (QED) is 0.476. The molecule has 2 aliphatic rings. The number of allylic oxidation sites excluding steroid dienone is 2. The van der Waals surface area contributed by atoms with Crippen LogP contribution in [0.2, 0.25) is 0 Å². The Morgan fingerprint density at radius 1 is 1.00 bits per heavy atom. The minimum Gasteiger partial charge on any atom is -0.459 e. The molecule has 0 radical (unpaired) electrons. The number of esters is 1. The summed E-state index contributed by atoms with van der Waals surface area (Å²) in [6.07, 6.45) is 15.8. The zero-order chi connectivity index (χ0) is 19.1. The predicted molar refractivity (Wildman–Crippen MR) is 113 cm³/mol. The van der Waals surface area contributed by atoms with Gasteiger partial charge in [0.25, 0.3) is 0 Å². The van der Waals surface area contributed by atoms with Gasteiger partial charge in [0.1, 0.15) is 6.10 Å². The summed E-state index contributed by atoms with van der Waals surface area (Å²) in [7, 11) is 0. The Morgan fingerprint density at radius 2 is 1.74 bits per heavy atom. The highest BCUT2D eigenvalue weighted by molar-refractivity contribution is 5.90. The first-order valence-corrected chi connectivity index (χ1v) is 11.2. The van der Waals surface area contributed by atoms with Crippen molar-refractivity contribution >= 4 is 11.5 Å². The molecule has 2 heteroatoms. The molecular formula is C25H36O2. The molecular weight excluding hydrogens is 332 g/mol. The number of ether oxygens (including phenoxy) is 1. The van der Waals surface area contributed by atoms with Crippen LogP contribution in [0.1, 0.15) is 100 Å². The van der Waals surface area contributed by atoms with E-state index in [1.54, 1.807) is 0 Å². The van der Waals surface area contributed by atoms with E-state index < -0.39 is 0 Å². The molecule has 2 nitrogen and oxygen atoms in total. The van der Waals surface area contributed by atoms with Crippen LogP contribution < -0.4 is 0 Å². The molecule has 0 N–H and O–H groups in total. The summed E-state index contributed by atoms with van der Waals surface area (Å²) in [6, 6.07) is 8.07. The van der Waals surface area contributed by atoms with Gasteiger partial charge in [-0.25, -0.2) is 4.79 Å². The lowest BCUT2D eigenvalue weighted by Gasteiger charge is -2.28. The van der Waals surface area contributed by atoms with Crippen LogP contribution in [0.4, 0.5) is 0 Å². The van der Waals surface area contributed by atoms with Gasteiger partial charge >= 0.3 is 5.97 Å². The highest BCUT2D eigenvalue weighted by atomic mass is 16.5. The minimum absolute atomic E-state index is 0.113. The van der Waals surface area contributed by atoms with Gasteiger partial charge in [-0.1, -0.05) is 57.7 Å². The monoisotopic (exact) mass is 368 g/mol. The van der Waals surface area contributed by atoms with Crippen molar-refractivity contribution in [1.29, 1.82) is 0 Å².